The fourth-order valence-corrected chi connectivity index (χ4v) is 12.0. The molecule has 34 heteroatoms. The summed E-state index contributed by atoms with van der Waals surface area (Å²) in [5.74, 6) is -15.4. The average Bonchev–Trinajstić information content (AvgIpc) is 1.37. The van der Waals surface area contributed by atoms with Gasteiger partial charge in [-0.15, -0.1) is 11.8 Å². The van der Waals surface area contributed by atoms with Crippen LogP contribution in [0.1, 0.15) is 150 Å². The van der Waals surface area contributed by atoms with Gasteiger partial charge in [-0.05, 0) is 80.7 Å². The number of hydrogen-bond acceptors (Lipinski definition) is 19. The van der Waals surface area contributed by atoms with Gasteiger partial charge in [-0.1, -0.05) is 105 Å². The van der Waals surface area contributed by atoms with E-state index in [2.05, 4.69) is 73.4 Å². The van der Waals surface area contributed by atoms with E-state index in [0.717, 1.165) is 6.42 Å². The fourth-order valence-electron chi connectivity index (χ4n) is 10.9. The summed E-state index contributed by atoms with van der Waals surface area (Å²) in [6.07, 6.45) is 0.368. The Morgan fingerprint density at radius 3 is 1.85 bits per heavy atom. The van der Waals surface area contributed by atoms with E-state index in [1.807, 2.05) is 27.7 Å². The Labute approximate surface area is 586 Å². The summed E-state index contributed by atoms with van der Waals surface area (Å²) >= 11 is 1.35. The van der Waals surface area contributed by atoms with E-state index in [9.17, 15) is 77.3 Å². The molecule has 0 unspecified atom stereocenters. The standard InChI is InChI=1S/C66H103N17O16S/c1-9-35(6)52(69)66-81-48(32-100-66)63(97)76-43(26-34(4)5)59(93)74-42(22-23-50(85)86)58(92)83-53(36(7)10-2)64(98)75-40-20-15-16-25-71-55(89)46(29-49(68)84)78-62(96)47(30-51(87)88)79-61(95)45(28-39-31-70-33-72-39)77-60(94)44(27-38-18-13-12-14-19-38)80-65(99)54(37(8)11-3)82-57(91)41(21-17-24-67)73-56(40)90/h12-14,18-19,31,33-37,40-48,52-54H,9-11,15-17,20-30,32,67,69H2,1-8H3,(H2,68,84)(H,70,72)(H,71,89)(H,73,90)(H,74,93)(H,75,98)(H,76,97)(H,77,94)(H,78,96)(H,79,95)(H,80,99)(H,82,91)(H,83,92)(H,85,86)(H,87,88)/t35-,36-,37-,40-,41+,42+,43-,44+,45-,46-,47+,48-,52-,53-,54+/m0/s1. The molecule has 15 atom stereocenters. The van der Waals surface area contributed by atoms with Crippen LogP contribution >= 0.6 is 11.8 Å². The third-order valence-corrected chi connectivity index (χ3v) is 18.6. The number of thioether (sulfide) groups is 1. The van der Waals surface area contributed by atoms with Gasteiger partial charge in [0.15, 0.2) is 0 Å². The number of carbonyl (C=O) groups excluding carboxylic acids is 12. The number of hydrogen-bond donors (Lipinski definition) is 17. The van der Waals surface area contributed by atoms with Gasteiger partial charge in [0.05, 0.1) is 30.3 Å². The van der Waals surface area contributed by atoms with Crippen LogP contribution in [0.3, 0.4) is 0 Å². The molecule has 0 spiro atoms. The number of imidazole rings is 1. The highest BCUT2D eigenvalue weighted by Gasteiger charge is 2.40. The molecule has 554 valence electrons. The Bertz CT molecular complexity index is 3160. The van der Waals surface area contributed by atoms with E-state index < -0.39 is 193 Å². The highest BCUT2D eigenvalue weighted by Crippen LogP contribution is 2.25. The van der Waals surface area contributed by atoms with E-state index in [1.54, 1.807) is 58.0 Å². The van der Waals surface area contributed by atoms with Crippen LogP contribution in [0.5, 0.6) is 0 Å². The number of benzene rings is 1. The summed E-state index contributed by atoms with van der Waals surface area (Å²) in [5.41, 5.74) is 18.7. The van der Waals surface area contributed by atoms with E-state index in [4.69, 9.17) is 17.2 Å². The molecule has 0 bridgehead atoms. The number of aromatic nitrogens is 2. The lowest BCUT2D eigenvalue weighted by Gasteiger charge is -2.30. The SMILES string of the molecule is CC[C@H](C)[C@H](N)C1=N[C@H](C(=O)N[C@@H](CC(C)C)C(=O)N[C@H](CCC(=O)O)C(=O)N[C@H](C(=O)N[C@H]2CCCCNC(=O)[C@H](CC(N)=O)NC(=O)[C@@H](CC(=O)O)NC(=O)[C@H](Cc3cnc[nH]3)NC(=O)[C@@H](Cc3ccccc3)NC(=O)[C@@H]([C@@H](C)CC)NC(=O)[C@@H](CCCN)NC2=O)[C@@H](C)CC)CS1. The first kappa shape index (κ1) is 83.4. The summed E-state index contributed by atoms with van der Waals surface area (Å²) < 4.78 is 0. The second kappa shape index (κ2) is 42.1. The largest absolute Gasteiger partial charge is 0.481 e. The van der Waals surface area contributed by atoms with Gasteiger partial charge in [0, 0.05) is 43.5 Å². The van der Waals surface area contributed by atoms with Crippen LogP contribution in [-0.2, 0) is 80.0 Å². The zero-order valence-electron chi connectivity index (χ0n) is 58.2. The first-order chi connectivity index (χ1) is 47.4. The van der Waals surface area contributed by atoms with Crippen molar-refractivity contribution in [3.8, 4) is 0 Å². The van der Waals surface area contributed by atoms with Crippen molar-refractivity contribution in [3.05, 3.63) is 54.1 Å². The van der Waals surface area contributed by atoms with Crippen LogP contribution in [0.4, 0.5) is 0 Å². The number of nitrogens with zero attached hydrogens (tertiary/aromatic N) is 2. The van der Waals surface area contributed by atoms with Crippen LogP contribution < -0.4 is 75.7 Å². The van der Waals surface area contributed by atoms with Gasteiger partial charge in [-0.2, -0.15) is 0 Å². The molecule has 12 amide bonds. The van der Waals surface area contributed by atoms with Crippen LogP contribution in [0.25, 0.3) is 0 Å². The molecule has 2 aromatic rings. The van der Waals surface area contributed by atoms with Crippen molar-refractivity contribution in [2.24, 2.45) is 45.9 Å². The van der Waals surface area contributed by atoms with Crippen LogP contribution in [0.15, 0.2) is 47.8 Å². The number of H-pyrrole nitrogens is 1. The summed E-state index contributed by atoms with van der Waals surface area (Å²) in [5, 5.41) is 49.1. The summed E-state index contributed by atoms with van der Waals surface area (Å²) in [4.78, 5) is 207. The number of aromatic amines is 1. The molecule has 4 rings (SSSR count). The number of carboxylic acids is 2. The van der Waals surface area contributed by atoms with Crippen LogP contribution in [-0.4, -0.2) is 199 Å². The third-order valence-electron chi connectivity index (χ3n) is 17.5. The minimum Gasteiger partial charge on any atom is -0.481 e. The molecule has 100 heavy (non-hydrogen) atoms. The molecule has 1 fully saturated rings. The summed E-state index contributed by atoms with van der Waals surface area (Å²) in [6, 6.07) is -8.34. The van der Waals surface area contributed by atoms with Crippen LogP contribution in [0, 0.1) is 23.7 Å². The Balaban J connectivity index is 1.77. The maximum atomic E-state index is 14.9. The number of primary amides is 1. The quantitative estimate of drug-likeness (QED) is 0.0401. The number of aliphatic imine (C=N–C) groups is 1. The van der Waals surface area contributed by atoms with E-state index in [0.29, 0.717) is 16.3 Å². The summed E-state index contributed by atoms with van der Waals surface area (Å²) in [6.45, 7) is 14.1. The maximum Gasteiger partial charge on any atom is 0.305 e. The molecule has 1 aromatic carbocycles. The van der Waals surface area contributed by atoms with Crippen molar-refractivity contribution < 1.29 is 77.3 Å². The molecule has 0 radical (unpaired) electrons. The number of rotatable bonds is 31. The maximum absolute atomic E-state index is 14.9. The second-order valence-electron chi connectivity index (χ2n) is 26.0. The molecular weight excluding hydrogens is 1320 g/mol. The number of nitrogens with one attached hydrogen (secondary N) is 12. The molecule has 0 saturated carbocycles. The van der Waals surface area contributed by atoms with Crippen molar-refractivity contribution in [1.29, 1.82) is 0 Å². The average molecular weight is 1420 g/mol. The Morgan fingerprint density at radius 1 is 0.660 bits per heavy atom. The lowest BCUT2D eigenvalue weighted by Crippen LogP contribution is -2.62. The van der Waals surface area contributed by atoms with Crippen molar-refractivity contribution in [3.63, 3.8) is 0 Å². The second-order valence-corrected chi connectivity index (χ2v) is 27.0. The highest BCUT2D eigenvalue weighted by atomic mass is 32.2. The Kier molecular flexibility index (Phi) is 35.1. The zero-order chi connectivity index (χ0) is 74.3. The van der Waals surface area contributed by atoms with E-state index in [-0.39, 0.29) is 94.9 Å². The van der Waals surface area contributed by atoms with Crippen molar-refractivity contribution in [1.82, 2.24) is 68.5 Å². The number of aliphatic carboxylic acids is 2. The molecule has 33 nitrogen and oxygen atoms in total. The number of carbonyl (C=O) groups is 14. The molecule has 2 aliphatic heterocycles. The number of amides is 12. The lowest BCUT2D eigenvalue weighted by atomic mass is 9.96. The molecule has 20 N–H and O–H groups in total. The van der Waals surface area contributed by atoms with Gasteiger partial charge < -0.3 is 90.9 Å². The minimum absolute atomic E-state index is 0.00117. The predicted octanol–water partition coefficient (Wildman–Crippen LogP) is -1.68. The van der Waals surface area contributed by atoms with Gasteiger partial charge >= 0.3 is 11.9 Å². The highest BCUT2D eigenvalue weighted by molar-refractivity contribution is 8.14. The van der Waals surface area contributed by atoms with Crippen molar-refractivity contribution in [2.45, 2.75) is 224 Å². The first-order valence-corrected chi connectivity index (χ1v) is 35.1. The van der Waals surface area contributed by atoms with Gasteiger partial charge in [0.2, 0.25) is 70.9 Å². The normalized spacial score (nSPS) is 23.1. The number of nitrogens with two attached hydrogens (primary N) is 3. The van der Waals surface area contributed by atoms with Gasteiger partial charge in [-0.25, -0.2) is 4.98 Å². The smallest absolute Gasteiger partial charge is 0.305 e. The van der Waals surface area contributed by atoms with Crippen LogP contribution in [0.2, 0.25) is 0 Å². The summed E-state index contributed by atoms with van der Waals surface area (Å²) in [7, 11) is 0. The molecular formula is C66H103N17O16S. The molecule has 2 aliphatic rings. The molecule has 3 heterocycles. The predicted molar refractivity (Wildman–Crippen MR) is 369 cm³/mol. The third kappa shape index (κ3) is 27.6. The topological polar surface area (TPSA) is 531 Å². The lowest BCUT2D eigenvalue weighted by molar-refractivity contribution is -0.142. The Morgan fingerprint density at radius 2 is 1.26 bits per heavy atom. The zero-order valence-corrected chi connectivity index (χ0v) is 59.0. The van der Waals surface area contributed by atoms with Gasteiger partial charge in [-0.3, -0.25) is 72.1 Å². The van der Waals surface area contributed by atoms with Gasteiger partial charge in [0.1, 0.15) is 66.5 Å². The van der Waals surface area contributed by atoms with Gasteiger partial charge in [0.25, 0.3) is 0 Å². The molecule has 1 aromatic heterocycles. The minimum atomic E-state index is -1.94. The molecule has 1 saturated heterocycles. The molecule has 0 aliphatic carbocycles. The van der Waals surface area contributed by atoms with E-state index in [1.165, 1.54) is 24.3 Å². The fraction of sp³-hybridized carbons (Fsp3) is 0.636. The first-order valence-electron chi connectivity index (χ1n) is 34.1. The monoisotopic (exact) mass is 1420 g/mol. The number of carboxylic acid groups (broad SMARTS) is 2. The van der Waals surface area contributed by atoms with Crippen molar-refractivity contribution in [2.75, 3.05) is 18.8 Å². The van der Waals surface area contributed by atoms with E-state index >= 15 is 0 Å². The van der Waals surface area contributed by atoms with Crippen molar-refractivity contribution >= 4 is 99.6 Å². The Hall–Kier alpha value is -9.05.